The zero-order valence-electron chi connectivity index (χ0n) is 15.3. The Bertz CT molecular complexity index is 898. The number of hydrogen-bond acceptors (Lipinski definition) is 2. The Labute approximate surface area is 179 Å². The van der Waals surface area contributed by atoms with Crippen molar-refractivity contribution in [1.29, 1.82) is 0 Å². The first-order chi connectivity index (χ1) is 11.6. The van der Waals surface area contributed by atoms with Crippen LogP contribution in [0.1, 0.15) is 42.4 Å². The van der Waals surface area contributed by atoms with E-state index in [9.17, 15) is 0 Å². The number of halogens is 2. The Morgan fingerprint density at radius 3 is 2.23 bits per heavy atom. The van der Waals surface area contributed by atoms with Crippen molar-refractivity contribution >= 4 is 11.8 Å². The van der Waals surface area contributed by atoms with E-state index in [4.69, 9.17) is 0 Å². The van der Waals surface area contributed by atoms with Gasteiger partial charge in [0.25, 0.3) is 0 Å². The molecule has 0 saturated heterocycles. The molecule has 1 aromatic heterocycles. The fourth-order valence-corrected chi connectivity index (χ4v) is 8.64. The third-order valence-corrected chi connectivity index (χ3v) is 10.5. The summed E-state index contributed by atoms with van der Waals surface area (Å²) in [6, 6.07) is 8.83. The summed E-state index contributed by atoms with van der Waals surface area (Å²) < 4.78 is 4.38. The van der Waals surface area contributed by atoms with Gasteiger partial charge in [0.1, 0.15) is 0 Å². The van der Waals surface area contributed by atoms with E-state index in [2.05, 4.69) is 72.8 Å². The SMILES string of the molecule is CC1=C(C)C(C)[C]([Zr+2][CH]2C(n3cnnc3)=Cc3ccccc32)=C1C.[Cl-].[Cl-]. The van der Waals surface area contributed by atoms with Crippen LogP contribution in [-0.2, 0) is 23.2 Å². The molecule has 0 saturated carbocycles. The first kappa shape index (κ1) is 21.3. The first-order valence-corrected chi connectivity index (χ1v) is 11.0. The van der Waals surface area contributed by atoms with Crippen molar-refractivity contribution in [3.05, 3.63) is 68.0 Å². The predicted molar refractivity (Wildman–Crippen MR) is 93.6 cm³/mol. The van der Waals surface area contributed by atoms with E-state index < -0.39 is 23.2 Å². The van der Waals surface area contributed by atoms with Gasteiger partial charge < -0.3 is 24.8 Å². The number of aromatic nitrogens is 3. The number of nitrogens with zero attached hydrogens (tertiary/aromatic N) is 3. The van der Waals surface area contributed by atoms with E-state index in [-0.39, 0.29) is 24.8 Å². The van der Waals surface area contributed by atoms with Crippen LogP contribution in [0.15, 0.2) is 56.9 Å². The van der Waals surface area contributed by atoms with Crippen LogP contribution in [0.5, 0.6) is 0 Å². The second kappa shape index (κ2) is 8.37. The first-order valence-electron chi connectivity index (χ1n) is 8.38. The quantitative estimate of drug-likeness (QED) is 0.563. The molecule has 2 aliphatic rings. The van der Waals surface area contributed by atoms with Crippen LogP contribution >= 0.6 is 0 Å². The fraction of sp³-hybridized carbons (Fsp3) is 0.300. The summed E-state index contributed by atoms with van der Waals surface area (Å²) >= 11 is -0.824. The molecule has 2 atom stereocenters. The van der Waals surface area contributed by atoms with Crippen molar-refractivity contribution in [3.8, 4) is 0 Å². The molecule has 1 heterocycles. The Hall–Kier alpha value is -0.957. The van der Waals surface area contributed by atoms with E-state index in [1.54, 1.807) is 14.4 Å². The number of benzene rings is 1. The summed E-state index contributed by atoms with van der Waals surface area (Å²) in [5.41, 5.74) is 8.82. The predicted octanol–water partition coefficient (Wildman–Crippen LogP) is -1.32. The molecule has 0 spiro atoms. The molecule has 6 heteroatoms. The Morgan fingerprint density at radius 1 is 0.962 bits per heavy atom. The maximum atomic E-state index is 4.02. The topological polar surface area (TPSA) is 30.7 Å². The molecular formula is C20H21Cl2N3Zr. The van der Waals surface area contributed by atoms with E-state index in [0.29, 0.717) is 9.54 Å². The molecule has 0 aliphatic heterocycles. The molecular weight excluding hydrogens is 444 g/mol. The fourth-order valence-electron chi connectivity index (χ4n) is 3.77. The van der Waals surface area contributed by atoms with E-state index in [1.807, 2.05) is 12.7 Å². The molecule has 26 heavy (non-hydrogen) atoms. The smallest absolute Gasteiger partial charge is 1.00 e. The number of rotatable bonds is 3. The average molecular weight is 466 g/mol. The minimum absolute atomic E-state index is 0. The molecule has 0 radical (unpaired) electrons. The monoisotopic (exact) mass is 463 g/mol. The molecule has 134 valence electrons. The van der Waals surface area contributed by atoms with Crippen LogP contribution < -0.4 is 24.8 Å². The third-order valence-electron chi connectivity index (χ3n) is 5.56. The van der Waals surface area contributed by atoms with Crippen molar-refractivity contribution < 1.29 is 48.0 Å². The van der Waals surface area contributed by atoms with Crippen LogP contribution in [0, 0.1) is 5.92 Å². The van der Waals surface area contributed by atoms with Gasteiger partial charge in [-0.25, -0.2) is 0 Å². The van der Waals surface area contributed by atoms with Crippen LogP contribution in [0.3, 0.4) is 0 Å². The number of fused-ring (bicyclic) bond motifs is 1. The molecule has 1 aromatic carbocycles. The normalized spacial score (nSPS) is 21.0. The average Bonchev–Trinajstić information content (AvgIpc) is 3.28. The van der Waals surface area contributed by atoms with Gasteiger partial charge in [-0.1, -0.05) is 0 Å². The second-order valence-corrected chi connectivity index (χ2v) is 10.2. The third kappa shape index (κ3) is 3.44. The van der Waals surface area contributed by atoms with Gasteiger partial charge in [0, 0.05) is 0 Å². The molecule has 2 aliphatic carbocycles. The zero-order valence-corrected chi connectivity index (χ0v) is 19.3. The summed E-state index contributed by atoms with van der Waals surface area (Å²) in [4.78, 5) is 0. The molecule has 4 rings (SSSR count). The summed E-state index contributed by atoms with van der Waals surface area (Å²) in [6.45, 7) is 9.29. The maximum Gasteiger partial charge on any atom is -1.00 e. The number of hydrogen-bond donors (Lipinski definition) is 0. The van der Waals surface area contributed by atoms with Crippen molar-refractivity contribution in [2.45, 2.75) is 31.3 Å². The zero-order chi connectivity index (χ0) is 16.8. The van der Waals surface area contributed by atoms with Gasteiger partial charge in [0.2, 0.25) is 0 Å². The maximum absolute atomic E-state index is 4.02. The van der Waals surface area contributed by atoms with Crippen molar-refractivity contribution in [3.63, 3.8) is 0 Å². The van der Waals surface area contributed by atoms with E-state index in [1.165, 1.54) is 22.4 Å². The molecule has 0 bridgehead atoms. The largest absolute Gasteiger partial charge is 1.00 e. The Kier molecular flexibility index (Phi) is 6.88. The molecule has 2 aromatic rings. The van der Waals surface area contributed by atoms with Gasteiger partial charge in [-0.05, 0) is 0 Å². The molecule has 0 N–H and O–H groups in total. The van der Waals surface area contributed by atoms with Crippen LogP contribution in [-0.4, -0.2) is 14.8 Å². The summed E-state index contributed by atoms with van der Waals surface area (Å²) in [7, 11) is 0. The molecule has 3 nitrogen and oxygen atoms in total. The Morgan fingerprint density at radius 2 is 1.62 bits per heavy atom. The summed E-state index contributed by atoms with van der Waals surface area (Å²) in [6.07, 6.45) is 5.99. The Balaban J connectivity index is 0.00000121. The molecule has 0 amide bonds. The molecule has 2 unspecified atom stereocenters. The van der Waals surface area contributed by atoms with Crippen molar-refractivity contribution in [1.82, 2.24) is 14.8 Å². The van der Waals surface area contributed by atoms with Crippen LogP contribution in [0.25, 0.3) is 11.8 Å². The van der Waals surface area contributed by atoms with Gasteiger partial charge in [-0.15, -0.1) is 0 Å². The van der Waals surface area contributed by atoms with Crippen LogP contribution in [0.4, 0.5) is 0 Å². The van der Waals surface area contributed by atoms with Gasteiger partial charge in [-0.3, -0.25) is 0 Å². The minimum Gasteiger partial charge on any atom is -1.00 e. The summed E-state index contributed by atoms with van der Waals surface area (Å²) in [5.74, 6) is 0.617. The standard InChI is InChI=1S/C11H8N3.C9H13.2ClH.Zr/c1-2-4-10-6-11(5-9(10)3-1)14-7-12-13-8-14;1-6-5-7(2)9(4)8(6)3;;;/h1-8H;6H,1-4H3;2*1H;/q;;;;+2/p-2. The van der Waals surface area contributed by atoms with Gasteiger partial charge in [0.15, 0.2) is 0 Å². The second-order valence-electron chi connectivity index (χ2n) is 6.71. The van der Waals surface area contributed by atoms with Gasteiger partial charge in [-0.2, -0.15) is 0 Å². The van der Waals surface area contributed by atoms with Crippen LogP contribution in [0.2, 0.25) is 0 Å². The van der Waals surface area contributed by atoms with E-state index >= 15 is 0 Å². The van der Waals surface area contributed by atoms with Gasteiger partial charge in [0.05, 0.1) is 0 Å². The van der Waals surface area contributed by atoms with Crippen molar-refractivity contribution in [2.24, 2.45) is 5.92 Å². The minimum atomic E-state index is -0.824. The number of allylic oxidation sites excluding steroid dienone is 5. The molecule has 0 fully saturated rings. The van der Waals surface area contributed by atoms with Crippen molar-refractivity contribution in [2.75, 3.05) is 0 Å². The summed E-state index contributed by atoms with van der Waals surface area (Å²) in [5, 5.41) is 8.04. The van der Waals surface area contributed by atoms with E-state index in [0.717, 1.165) is 0 Å². The van der Waals surface area contributed by atoms with Gasteiger partial charge >= 0.3 is 155 Å².